The molecule has 0 amide bonds. The van der Waals surface area contributed by atoms with Crippen molar-refractivity contribution >= 4 is 39.4 Å². The highest BCUT2D eigenvalue weighted by Crippen LogP contribution is 2.32. The van der Waals surface area contributed by atoms with Crippen molar-refractivity contribution in [1.82, 2.24) is 10.3 Å². The number of carbonyl (C=O) groups excluding carboxylic acids is 4. The number of rotatable bonds is 6. The summed E-state index contributed by atoms with van der Waals surface area (Å²) in [6, 6.07) is -0.815. The number of hydrogen-bond donors (Lipinski definition) is 1. The molecule has 0 fully saturated rings. The first-order valence-corrected chi connectivity index (χ1v) is 9.34. The van der Waals surface area contributed by atoms with Gasteiger partial charge in [0.1, 0.15) is 11.7 Å². The van der Waals surface area contributed by atoms with Crippen LogP contribution in [0.4, 0.5) is 0 Å². The Kier molecular flexibility index (Phi) is 6.71. The summed E-state index contributed by atoms with van der Waals surface area (Å²) in [5.74, 6) is -2.31. The second kappa shape index (κ2) is 8.64. The molecular weight excluding hydrogens is 432 g/mol. The molecule has 0 unspecified atom stereocenters. The molecule has 0 saturated carbocycles. The normalized spacial score (nSPS) is 14.7. The van der Waals surface area contributed by atoms with Crippen molar-refractivity contribution in [2.45, 2.75) is 33.2 Å². The van der Waals surface area contributed by atoms with Crippen LogP contribution >= 0.6 is 15.9 Å². The number of halogens is 1. The number of aryl methyl sites for hydroxylation is 1. The Morgan fingerprint density at radius 1 is 1.18 bits per heavy atom. The summed E-state index contributed by atoms with van der Waals surface area (Å²) in [6.07, 6.45) is 1.64. The number of aromatic nitrogens is 1. The minimum atomic E-state index is -0.815. The van der Waals surface area contributed by atoms with Gasteiger partial charge >= 0.3 is 11.9 Å². The molecule has 0 bridgehead atoms. The molecule has 9 heteroatoms. The third kappa shape index (κ3) is 3.99. The highest BCUT2D eigenvalue weighted by atomic mass is 79.9. The standard InChI is InChI=1S/C19H21BrN2O6/c1-8(2)6-11(18(25)27-4)22-15-14(20)17(24)13-10(16(15)23)7-21-9(3)12(13)19(26)28-5/h7-8,11,22H,6H2,1-5H3/t11-/m0/s1. The molecule has 28 heavy (non-hydrogen) atoms. The van der Waals surface area contributed by atoms with Crippen LogP contribution in [0.5, 0.6) is 0 Å². The van der Waals surface area contributed by atoms with E-state index in [1.54, 1.807) is 6.92 Å². The van der Waals surface area contributed by atoms with Crippen LogP contribution in [0.2, 0.25) is 0 Å². The number of carbonyl (C=O) groups is 4. The third-order valence-electron chi connectivity index (χ3n) is 4.29. The second-order valence-electron chi connectivity index (χ2n) is 6.70. The number of ketones is 2. The van der Waals surface area contributed by atoms with Crippen molar-refractivity contribution in [2.75, 3.05) is 14.2 Å². The van der Waals surface area contributed by atoms with E-state index in [9.17, 15) is 19.2 Å². The lowest BCUT2D eigenvalue weighted by Crippen LogP contribution is -2.42. The first-order valence-electron chi connectivity index (χ1n) is 8.55. The summed E-state index contributed by atoms with van der Waals surface area (Å²) < 4.78 is 9.45. The molecule has 1 aliphatic rings. The Morgan fingerprint density at radius 2 is 1.82 bits per heavy atom. The lowest BCUT2D eigenvalue weighted by atomic mass is 9.89. The van der Waals surface area contributed by atoms with Crippen molar-refractivity contribution < 1.29 is 28.7 Å². The number of nitrogens with zero attached hydrogens (tertiary/aromatic N) is 1. The summed E-state index contributed by atoms with van der Waals surface area (Å²) >= 11 is 3.15. The van der Waals surface area contributed by atoms with Crippen LogP contribution < -0.4 is 5.32 Å². The van der Waals surface area contributed by atoms with E-state index in [-0.39, 0.29) is 38.5 Å². The van der Waals surface area contributed by atoms with Crippen LogP contribution in [0.3, 0.4) is 0 Å². The number of allylic oxidation sites excluding steroid dienone is 2. The van der Waals surface area contributed by atoms with Crippen molar-refractivity contribution in [3.8, 4) is 0 Å². The molecule has 0 spiro atoms. The van der Waals surface area contributed by atoms with E-state index >= 15 is 0 Å². The topological polar surface area (TPSA) is 112 Å². The van der Waals surface area contributed by atoms with Crippen LogP contribution in [0, 0.1) is 12.8 Å². The number of Topliss-reactive ketones (excluding diaryl/α,β-unsaturated/α-hetero) is 2. The Hall–Kier alpha value is -2.55. The van der Waals surface area contributed by atoms with E-state index in [1.165, 1.54) is 20.4 Å². The van der Waals surface area contributed by atoms with Gasteiger partial charge in [-0.05, 0) is 35.2 Å². The summed E-state index contributed by atoms with van der Waals surface area (Å²) in [6.45, 7) is 5.38. The zero-order valence-electron chi connectivity index (χ0n) is 16.2. The van der Waals surface area contributed by atoms with Gasteiger partial charge < -0.3 is 14.8 Å². The summed E-state index contributed by atoms with van der Waals surface area (Å²) in [5, 5.41) is 2.83. The first-order chi connectivity index (χ1) is 13.1. The van der Waals surface area contributed by atoms with Crippen LogP contribution in [-0.2, 0) is 14.3 Å². The molecule has 0 aliphatic heterocycles. The van der Waals surface area contributed by atoms with Crippen LogP contribution in [0.15, 0.2) is 16.4 Å². The van der Waals surface area contributed by atoms with Gasteiger partial charge in [0.05, 0.1) is 41.1 Å². The van der Waals surface area contributed by atoms with Gasteiger partial charge in [0.2, 0.25) is 11.6 Å². The highest BCUT2D eigenvalue weighted by molar-refractivity contribution is 9.12. The van der Waals surface area contributed by atoms with E-state index in [2.05, 4.69) is 26.2 Å². The maximum atomic E-state index is 13.0. The largest absolute Gasteiger partial charge is 0.467 e. The molecule has 1 aromatic rings. The molecule has 2 rings (SSSR count). The molecular formula is C19H21BrN2O6. The van der Waals surface area contributed by atoms with E-state index in [4.69, 9.17) is 9.47 Å². The third-order valence-corrected chi connectivity index (χ3v) is 5.04. The summed E-state index contributed by atoms with van der Waals surface area (Å²) in [5.41, 5.74) is 0.0434. The fraction of sp³-hybridized carbons (Fsp3) is 0.421. The predicted octanol–water partition coefficient (Wildman–Crippen LogP) is 2.34. The number of ether oxygens (including phenoxy) is 2. The second-order valence-corrected chi connectivity index (χ2v) is 7.49. The minimum absolute atomic E-state index is 0.0325. The zero-order chi connectivity index (χ0) is 21.2. The molecule has 0 radical (unpaired) electrons. The zero-order valence-corrected chi connectivity index (χ0v) is 17.8. The summed E-state index contributed by atoms with van der Waals surface area (Å²) in [4.78, 5) is 54.3. The molecule has 1 aromatic heterocycles. The van der Waals surface area contributed by atoms with Crippen LogP contribution in [0.25, 0.3) is 0 Å². The number of methoxy groups -OCH3 is 2. The minimum Gasteiger partial charge on any atom is -0.467 e. The maximum absolute atomic E-state index is 13.0. The molecule has 1 N–H and O–H groups in total. The van der Waals surface area contributed by atoms with Crippen molar-refractivity contribution in [3.63, 3.8) is 0 Å². The number of pyridine rings is 1. The van der Waals surface area contributed by atoms with Gasteiger partial charge in [-0.1, -0.05) is 13.8 Å². The van der Waals surface area contributed by atoms with Crippen molar-refractivity contribution in [2.24, 2.45) is 5.92 Å². The molecule has 1 atom stereocenters. The molecule has 0 aromatic carbocycles. The SMILES string of the molecule is COC(=O)c1c(C)ncc2c1C(=O)C(Br)=C(N[C@@H](CC(C)C)C(=O)OC)C2=O. The number of esters is 2. The van der Waals surface area contributed by atoms with Gasteiger partial charge in [-0.15, -0.1) is 0 Å². The van der Waals surface area contributed by atoms with Gasteiger partial charge in [-0.2, -0.15) is 0 Å². The number of fused-ring (bicyclic) bond motifs is 1. The van der Waals surface area contributed by atoms with Crippen molar-refractivity contribution in [3.05, 3.63) is 38.8 Å². The summed E-state index contributed by atoms with van der Waals surface area (Å²) in [7, 11) is 2.43. The van der Waals surface area contributed by atoms with Gasteiger partial charge in [-0.25, -0.2) is 9.59 Å². The van der Waals surface area contributed by atoms with E-state index in [1.807, 2.05) is 13.8 Å². The smallest absolute Gasteiger partial charge is 0.340 e. The Balaban J connectivity index is 2.56. The highest BCUT2D eigenvalue weighted by Gasteiger charge is 2.38. The monoisotopic (exact) mass is 452 g/mol. The van der Waals surface area contributed by atoms with E-state index in [0.717, 1.165) is 0 Å². The Morgan fingerprint density at radius 3 is 2.36 bits per heavy atom. The Labute approximate surface area is 170 Å². The quantitative estimate of drug-likeness (QED) is 0.654. The average Bonchev–Trinajstić information content (AvgIpc) is 2.66. The molecule has 150 valence electrons. The predicted molar refractivity (Wildman–Crippen MR) is 103 cm³/mol. The molecule has 1 heterocycles. The number of nitrogens with one attached hydrogen (secondary N) is 1. The molecule has 8 nitrogen and oxygen atoms in total. The van der Waals surface area contributed by atoms with Gasteiger partial charge in [0, 0.05) is 6.20 Å². The molecule has 0 saturated heterocycles. The van der Waals surface area contributed by atoms with Crippen molar-refractivity contribution in [1.29, 1.82) is 0 Å². The fourth-order valence-electron chi connectivity index (χ4n) is 2.95. The lowest BCUT2D eigenvalue weighted by molar-refractivity contribution is -0.143. The van der Waals surface area contributed by atoms with E-state index in [0.29, 0.717) is 6.42 Å². The van der Waals surface area contributed by atoms with E-state index < -0.39 is 29.5 Å². The number of hydrogen-bond acceptors (Lipinski definition) is 8. The fourth-order valence-corrected chi connectivity index (χ4v) is 3.45. The molecule has 1 aliphatic carbocycles. The Bertz CT molecular complexity index is 891. The van der Waals surface area contributed by atoms with Gasteiger partial charge in [0.15, 0.2) is 0 Å². The van der Waals surface area contributed by atoms with Crippen LogP contribution in [0.1, 0.15) is 57.0 Å². The maximum Gasteiger partial charge on any atom is 0.340 e. The lowest BCUT2D eigenvalue weighted by Gasteiger charge is -2.25. The van der Waals surface area contributed by atoms with Gasteiger partial charge in [-0.3, -0.25) is 14.6 Å². The average molecular weight is 453 g/mol. The van der Waals surface area contributed by atoms with Gasteiger partial charge in [0.25, 0.3) is 0 Å². The van der Waals surface area contributed by atoms with Crippen LogP contribution in [-0.4, -0.2) is 48.8 Å². The first kappa shape index (κ1) is 21.7.